The Balaban J connectivity index is 2.86. The maximum absolute atomic E-state index is 6.30. The van der Waals surface area contributed by atoms with Crippen LogP contribution in [0.25, 0.3) is 0 Å². The fourth-order valence-corrected chi connectivity index (χ4v) is 2.43. The van der Waals surface area contributed by atoms with Crippen molar-refractivity contribution in [1.29, 1.82) is 0 Å². The summed E-state index contributed by atoms with van der Waals surface area (Å²) in [5, 5.41) is 0. The molecule has 0 fully saturated rings. The molecule has 0 radical (unpaired) electrons. The van der Waals surface area contributed by atoms with Gasteiger partial charge in [-0.15, -0.1) is 0 Å². The van der Waals surface area contributed by atoms with Crippen molar-refractivity contribution in [3.63, 3.8) is 0 Å². The summed E-state index contributed by atoms with van der Waals surface area (Å²) in [6.45, 7) is 11.0. The zero-order valence-corrected chi connectivity index (χ0v) is 11.3. The molecule has 0 aromatic heterocycles. The van der Waals surface area contributed by atoms with Crippen LogP contribution in [-0.2, 0) is 0 Å². The summed E-state index contributed by atoms with van der Waals surface area (Å²) in [5.41, 5.74) is 11.7. The lowest BCUT2D eigenvalue weighted by Crippen LogP contribution is -2.14. The molecule has 1 atom stereocenters. The smallest absolute Gasteiger partial charge is 0.0300 e. The minimum atomic E-state index is 0.197. The van der Waals surface area contributed by atoms with Crippen molar-refractivity contribution in [3.8, 4) is 0 Å². The van der Waals surface area contributed by atoms with E-state index in [0.717, 1.165) is 12.3 Å². The maximum atomic E-state index is 6.30. The molecule has 1 nitrogen and oxygen atoms in total. The van der Waals surface area contributed by atoms with Gasteiger partial charge in [0, 0.05) is 6.04 Å². The molecule has 0 aliphatic carbocycles. The van der Waals surface area contributed by atoms with Crippen LogP contribution in [0, 0.1) is 26.7 Å². The van der Waals surface area contributed by atoms with Gasteiger partial charge in [0.25, 0.3) is 0 Å². The van der Waals surface area contributed by atoms with E-state index in [9.17, 15) is 0 Å². The summed E-state index contributed by atoms with van der Waals surface area (Å²) >= 11 is 0. The zero-order chi connectivity index (χ0) is 12.3. The van der Waals surface area contributed by atoms with Crippen LogP contribution >= 0.6 is 0 Å². The first-order valence-corrected chi connectivity index (χ1v) is 6.25. The Morgan fingerprint density at radius 1 is 1.00 bits per heavy atom. The highest BCUT2D eigenvalue weighted by Gasteiger charge is 2.12. The second-order valence-corrected chi connectivity index (χ2v) is 5.39. The molecule has 16 heavy (non-hydrogen) atoms. The fourth-order valence-electron chi connectivity index (χ4n) is 2.43. The Kier molecular flexibility index (Phi) is 4.55. The van der Waals surface area contributed by atoms with Crippen molar-refractivity contribution in [2.24, 2.45) is 11.7 Å². The van der Waals surface area contributed by atoms with Crippen molar-refractivity contribution < 1.29 is 0 Å². The van der Waals surface area contributed by atoms with Gasteiger partial charge >= 0.3 is 0 Å². The quantitative estimate of drug-likeness (QED) is 0.812. The molecular weight excluding hydrogens is 194 g/mol. The van der Waals surface area contributed by atoms with Gasteiger partial charge in [-0.1, -0.05) is 31.5 Å². The molecule has 90 valence electrons. The topological polar surface area (TPSA) is 26.0 Å². The zero-order valence-electron chi connectivity index (χ0n) is 11.3. The Morgan fingerprint density at radius 2 is 1.50 bits per heavy atom. The van der Waals surface area contributed by atoms with Gasteiger partial charge in [0.15, 0.2) is 0 Å². The van der Waals surface area contributed by atoms with E-state index < -0.39 is 0 Å². The molecule has 0 aliphatic rings. The number of aryl methyl sites for hydroxylation is 3. The van der Waals surface area contributed by atoms with Gasteiger partial charge in [-0.05, 0) is 56.2 Å². The number of rotatable bonds is 4. The molecule has 1 aromatic rings. The first kappa shape index (κ1) is 13.2. The minimum Gasteiger partial charge on any atom is -0.324 e. The predicted octanol–water partition coefficient (Wildman–Crippen LogP) is 4.05. The molecule has 0 saturated carbocycles. The van der Waals surface area contributed by atoms with Crippen molar-refractivity contribution in [2.45, 2.75) is 53.5 Å². The molecule has 0 heterocycles. The molecule has 0 saturated heterocycles. The second kappa shape index (κ2) is 5.49. The highest BCUT2D eigenvalue weighted by molar-refractivity contribution is 5.39. The average molecular weight is 219 g/mol. The Labute approximate surface area is 100 Å². The lowest BCUT2D eigenvalue weighted by atomic mass is 9.91. The average Bonchev–Trinajstić information content (AvgIpc) is 2.12. The van der Waals surface area contributed by atoms with Crippen LogP contribution in [0.1, 0.15) is 55.0 Å². The largest absolute Gasteiger partial charge is 0.324 e. The molecule has 2 N–H and O–H groups in total. The molecule has 1 rings (SSSR count). The van der Waals surface area contributed by atoms with E-state index in [4.69, 9.17) is 5.73 Å². The monoisotopic (exact) mass is 219 g/mol. The third-order valence-electron chi connectivity index (χ3n) is 3.16. The highest BCUT2D eigenvalue weighted by atomic mass is 14.6. The lowest BCUT2D eigenvalue weighted by molar-refractivity contribution is 0.505. The highest BCUT2D eigenvalue weighted by Crippen LogP contribution is 2.26. The SMILES string of the molecule is Cc1cc(C)c([C@H](N)CCC(C)C)c(C)c1. The minimum absolute atomic E-state index is 0.197. The molecule has 0 bridgehead atoms. The Morgan fingerprint density at radius 3 is 1.94 bits per heavy atom. The van der Waals surface area contributed by atoms with Gasteiger partial charge in [0.05, 0.1) is 0 Å². The van der Waals surface area contributed by atoms with Gasteiger partial charge in [0.2, 0.25) is 0 Å². The van der Waals surface area contributed by atoms with Crippen LogP contribution in [0.3, 0.4) is 0 Å². The van der Waals surface area contributed by atoms with Crippen LogP contribution in [-0.4, -0.2) is 0 Å². The predicted molar refractivity (Wildman–Crippen MR) is 71.7 cm³/mol. The van der Waals surface area contributed by atoms with E-state index in [1.807, 2.05) is 0 Å². The number of nitrogens with two attached hydrogens (primary N) is 1. The van der Waals surface area contributed by atoms with Crippen LogP contribution in [0.5, 0.6) is 0 Å². The molecule has 1 heteroatoms. The van der Waals surface area contributed by atoms with Crippen LogP contribution in [0.2, 0.25) is 0 Å². The first-order chi connectivity index (χ1) is 7.41. The summed E-state index contributed by atoms with van der Waals surface area (Å²) in [7, 11) is 0. The standard InChI is InChI=1S/C15H25N/c1-10(2)6-7-14(16)15-12(4)8-11(3)9-13(15)5/h8-10,14H,6-7,16H2,1-5H3/t14-/m1/s1. The lowest BCUT2D eigenvalue weighted by Gasteiger charge is -2.19. The molecule has 0 aliphatic heterocycles. The van der Waals surface area contributed by atoms with Crippen LogP contribution in [0.4, 0.5) is 0 Å². The molecule has 0 spiro atoms. The third-order valence-corrected chi connectivity index (χ3v) is 3.16. The van der Waals surface area contributed by atoms with E-state index in [-0.39, 0.29) is 6.04 Å². The third kappa shape index (κ3) is 3.34. The van der Waals surface area contributed by atoms with Crippen molar-refractivity contribution >= 4 is 0 Å². The molecule has 1 aromatic carbocycles. The second-order valence-electron chi connectivity index (χ2n) is 5.39. The van der Waals surface area contributed by atoms with E-state index in [2.05, 4.69) is 46.8 Å². The van der Waals surface area contributed by atoms with E-state index in [1.54, 1.807) is 0 Å². The van der Waals surface area contributed by atoms with E-state index in [0.29, 0.717) is 0 Å². The van der Waals surface area contributed by atoms with Crippen molar-refractivity contribution in [3.05, 3.63) is 34.4 Å². The summed E-state index contributed by atoms with van der Waals surface area (Å²) < 4.78 is 0. The van der Waals surface area contributed by atoms with E-state index >= 15 is 0 Å². The Bertz CT molecular complexity index is 329. The summed E-state index contributed by atoms with van der Waals surface area (Å²) in [6.07, 6.45) is 2.29. The maximum Gasteiger partial charge on any atom is 0.0300 e. The summed E-state index contributed by atoms with van der Waals surface area (Å²) in [6, 6.07) is 4.66. The van der Waals surface area contributed by atoms with Crippen molar-refractivity contribution in [2.75, 3.05) is 0 Å². The number of benzene rings is 1. The molecule has 0 amide bonds. The number of hydrogen-bond donors (Lipinski definition) is 1. The van der Waals surface area contributed by atoms with Gasteiger partial charge in [-0.3, -0.25) is 0 Å². The Hall–Kier alpha value is -0.820. The van der Waals surface area contributed by atoms with Gasteiger partial charge < -0.3 is 5.73 Å². The van der Waals surface area contributed by atoms with Crippen molar-refractivity contribution in [1.82, 2.24) is 0 Å². The van der Waals surface area contributed by atoms with E-state index in [1.165, 1.54) is 28.7 Å². The number of hydrogen-bond acceptors (Lipinski definition) is 1. The first-order valence-electron chi connectivity index (χ1n) is 6.25. The molecular formula is C15H25N. The summed E-state index contributed by atoms with van der Waals surface area (Å²) in [5.74, 6) is 0.733. The van der Waals surface area contributed by atoms with Gasteiger partial charge in [-0.25, -0.2) is 0 Å². The molecule has 0 unspecified atom stereocenters. The van der Waals surface area contributed by atoms with Crippen LogP contribution < -0.4 is 5.73 Å². The summed E-state index contributed by atoms with van der Waals surface area (Å²) in [4.78, 5) is 0. The van der Waals surface area contributed by atoms with Crippen LogP contribution in [0.15, 0.2) is 12.1 Å². The van der Waals surface area contributed by atoms with Gasteiger partial charge in [0.1, 0.15) is 0 Å². The fraction of sp³-hybridized carbons (Fsp3) is 0.600. The van der Waals surface area contributed by atoms with Gasteiger partial charge in [-0.2, -0.15) is 0 Å². The normalized spacial score (nSPS) is 13.2.